The molecule has 0 aromatic heterocycles. The number of hydrogen-bond donors (Lipinski definition) is 1. The molecule has 2 heteroatoms. The van der Waals surface area contributed by atoms with Gasteiger partial charge >= 0.3 is 0 Å². The minimum absolute atomic E-state index is 0.297. The molecule has 0 fully saturated rings. The number of benzene rings is 3. The summed E-state index contributed by atoms with van der Waals surface area (Å²) in [6.45, 7) is 0. The van der Waals surface area contributed by atoms with E-state index in [-0.39, 0.29) is 5.82 Å². The second kappa shape index (κ2) is 4.82. The van der Waals surface area contributed by atoms with Crippen LogP contribution in [0.4, 0.5) is 4.39 Å². The first-order valence-corrected chi connectivity index (χ1v) is 6.17. The third-order valence-corrected chi connectivity index (χ3v) is 3.30. The minimum Gasteiger partial charge on any atom is -0.384 e. The molecule has 1 N–H and O–H groups in total. The third-order valence-electron chi connectivity index (χ3n) is 3.30. The molecule has 0 aliphatic rings. The Morgan fingerprint density at radius 2 is 1.47 bits per heavy atom. The van der Waals surface area contributed by atoms with E-state index in [1.54, 1.807) is 12.1 Å². The summed E-state index contributed by atoms with van der Waals surface area (Å²) in [7, 11) is 0. The lowest BCUT2D eigenvalue weighted by Crippen LogP contribution is -2.00. The van der Waals surface area contributed by atoms with E-state index >= 15 is 0 Å². The Kier molecular flexibility index (Phi) is 3.02. The Balaban J connectivity index is 2.11. The van der Waals surface area contributed by atoms with E-state index in [2.05, 4.69) is 0 Å². The molecule has 94 valence electrons. The van der Waals surface area contributed by atoms with Gasteiger partial charge in [0.1, 0.15) is 11.9 Å². The molecule has 0 bridgehead atoms. The zero-order chi connectivity index (χ0) is 13.2. The SMILES string of the molecule is O[C@H](c1ccc(F)cc1)c1cccc2ccccc12. The molecule has 1 atom stereocenters. The van der Waals surface area contributed by atoms with Gasteiger partial charge in [-0.15, -0.1) is 0 Å². The van der Waals surface area contributed by atoms with E-state index in [0.29, 0.717) is 5.56 Å². The molecular formula is C17H13FO. The molecule has 19 heavy (non-hydrogen) atoms. The zero-order valence-corrected chi connectivity index (χ0v) is 10.3. The Labute approximate surface area is 110 Å². The summed E-state index contributed by atoms with van der Waals surface area (Å²) in [6.07, 6.45) is -0.744. The van der Waals surface area contributed by atoms with Crippen LogP contribution >= 0.6 is 0 Å². The van der Waals surface area contributed by atoms with Gasteiger partial charge in [-0.25, -0.2) is 4.39 Å². The summed E-state index contributed by atoms with van der Waals surface area (Å²) in [5.41, 5.74) is 1.53. The van der Waals surface area contributed by atoms with Gasteiger partial charge in [-0.3, -0.25) is 0 Å². The molecule has 0 aliphatic carbocycles. The Morgan fingerprint density at radius 1 is 0.789 bits per heavy atom. The Hall–Kier alpha value is -2.19. The molecule has 0 radical (unpaired) electrons. The average Bonchev–Trinajstić information content (AvgIpc) is 2.47. The van der Waals surface area contributed by atoms with Crippen molar-refractivity contribution in [2.45, 2.75) is 6.10 Å². The quantitative estimate of drug-likeness (QED) is 0.729. The number of aliphatic hydroxyl groups is 1. The van der Waals surface area contributed by atoms with Crippen molar-refractivity contribution in [2.75, 3.05) is 0 Å². The van der Waals surface area contributed by atoms with Crippen molar-refractivity contribution >= 4 is 10.8 Å². The van der Waals surface area contributed by atoms with E-state index in [4.69, 9.17) is 0 Å². The smallest absolute Gasteiger partial charge is 0.123 e. The van der Waals surface area contributed by atoms with Gasteiger partial charge in [0.2, 0.25) is 0 Å². The molecule has 0 spiro atoms. The second-order valence-corrected chi connectivity index (χ2v) is 4.52. The first-order valence-electron chi connectivity index (χ1n) is 6.17. The fourth-order valence-electron chi connectivity index (χ4n) is 2.31. The predicted molar refractivity (Wildman–Crippen MR) is 74.4 cm³/mol. The number of aliphatic hydroxyl groups excluding tert-OH is 1. The van der Waals surface area contributed by atoms with E-state index in [1.807, 2.05) is 42.5 Å². The molecule has 3 aromatic carbocycles. The lowest BCUT2D eigenvalue weighted by molar-refractivity contribution is 0.222. The maximum Gasteiger partial charge on any atom is 0.123 e. The maximum absolute atomic E-state index is 12.9. The van der Waals surface area contributed by atoms with Crippen molar-refractivity contribution in [3.8, 4) is 0 Å². The monoisotopic (exact) mass is 252 g/mol. The summed E-state index contributed by atoms with van der Waals surface area (Å²) >= 11 is 0. The molecule has 0 saturated carbocycles. The van der Waals surface area contributed by atoms with Gasteiger partial charge in [-0.2, -0.15) is 0 Å². The summed E-state index contributed by atoms with van der Waals surface area (Å²) in [4.78, 5) is 0. The summed E-state index contributed by atoms with van der Waals surface area (Å²) in [5, 5.41) is 12.6. The van der Waals surface area contributed by atoms with Gasteiger partial charge in [-0.05, 0) is 34.0 Å². The molecule has 0 heterocycles. The van der Waals surface area contributed by atoms with Crippen LogP contribution in [-0.4, -0.2) is 5.11 Å². The van der Waals surface area contributed by atoms with Crippen LogP contribution < -0.4 is 0 Å². The van der Waals surface area contributed by atoms with Gasteiger partial charge in [0.25, 0.3) is 0 Å². The van der Waals surface area contributed by atoms with Crippen molar-refractivity contribution in [2.24, 2.45) is 0 Å². The second-order valence-electron chi connectivity index (χ2n) is 4.52. The highest BCUT2D eigenvalue weighted by atomic mass is 19.1. The molecule has 0 saturated heterocycles. The highest BCUT2D eigenvalue weighted by Gasteiger charge is 2.13. The largest absolute Gasteiger partial charge is 0.384 e. The van der Waals surface area contributed by atoms with E-state index in [1.165, 1.54) is 12.1 Å². The highest BCUT2D eigenvalue weighted by molar-refractivity contribution is 5.86. The van der Waals surface area contributed by atoms with Crippen molar-refractivity contribution in [3.05, 3.63) is 83.7 Å². The lowest BCUT2D eigenvalue weighted by atomic mass is 9.96. The van der Waals surface area contributed by atoms with Crippen LogP contribution in [0.1, 0.15) is 17.2 Å². The number of rotatable bonds is 2. The van der Waals surface area contributed by atoms with Crippen LogP contribution in [0.2, 0.25) is 0 Å². The number of halogens is 1. The zero-order valence-electron chi connectivity index (χ0n) is 10.3. The summed E-state index contributed by atoms with van der Waals surface area (Å²) < 4.78 is 12.9. The van der Waals surface area contributed by atoms with Crippen molar-refractivity contribution in [3.63, 3.8) is 0 Å². The molecule has 0 aliphatic heterocycles. The van der Waals surface area contributed by atoms with Crippen LogP contribution in [-0.2, 0) is 0 Å². The van der Waals surface area contributed by atoms with Gasteiger partial charge < -0.3 is 5.11 Å². The third kappa shape index (κ3) is 2.23. The van der Waals surface area contributed by atoms with Gasteiger partial charge in [0.15, 0.2) is 0 Å². The topological polar surface area (TPSA) is 20.2 Å². The van der Waals surface area contributed by atoms with Crippen LogP contribution in [0, 0.1) is 5.82 Å². The van der Waals surface area contributed by atoms with Crippen molar-refractivity contribution < 1.29 is 9.50 Å². The van der Waals surface area contributed by atoms with Gasteiger partial charge in [-0.1, -0.05) is 54.6 Å². The minimum atomic E-state index is -0.744. The van der Waals surface area contributed by atoms with Crippen LogP contribution in [0.25, 0.3) is 10.8 Å². The maximum atomic E-state index is 12.9. The molecule has 1 nitrogen and oxygen atoms in total. The molecule has 3 rings (SSSR count). The van der Waals surface area contributed by atoms with Crippen molar-refractivity contribution in [1.29, 1.82) is 0 Å². The number of fused-ring (bicyclic) bond motifs is 1. The summed E-state index contributed by atoms with van der Waals surface area (Å²) in [5.74, 6) is -0.297. The van der Waals surface area contributed by atoms with Crippen LogP contribution in [0.15, 0.2) is 66.7 Å². The molecule has 3 aromatic rings. The fraction of sp³-hybridized carbons (Fsp3) is 0.0588. The van der Waals surface area contributed by atoms with Crippen molar-refractivity contribution in [1.82, 2.24) is 0 Å². The molecule has 0 amide bonds. The highest BCUT2D eigenvalue weighted by Crippen LogP contribution is 2.28. The first-order chi connectivity index (χ1) is 9.25. The Morgan fingerprint density at radius 3 is 2.26 bits per heavy atom. The lowest BCUT2D eigenvalue weighted by Gasteiger charge is -2.14. The predicted octanol–water partition coefficient (Wildman–Crippen LogP) is 4.06. The fourth-order valence-corrected chi connectivity index (χ4v) is 2.31. The average molecular weight is 252 g/mol. The first kappa shape index (κ1) is 11.9. The Bertz CT molecular complexity index is 699. The molecular weight excluding hydrogens is 239 g/mol. The van der Waals surface area contributed by atoms with Crippen LogP contribution in [0.5, 0.6) is 0 Å². The number of hydrogen-bond acceptors (Lipinski definition) is 1. The standard InChI is InChI=1S/C17H13FO/c18-14-10-8-13(9-11-14)17(19)16-7-3-5-12-4-1-2-6-15(12)16/h1-11,17,19H/t17-/m1/s1. The van der Waals surface area contributed by atoms with E-state index in [9.17, 15) is 9.50 Å². The molecule has 0 unspecified atom stereocenters. The normalized spacial score (nSPS) is 12.5. The summed E-state index contributed by atoms with van der Waals surface area (Å²) in [6, 6.07) is 19.7. The van der Waals surface area contributed by atoms with Gasteiger partial charge in [0.05, 0.1) is 0 Å². The van der Waals surface area contributed by atoms with E-state index < -0.39 is 6.10 Å². The van der Waals surface area contributed by atoms with Gasteiger partial charge in [0, 0.05) is 0 Å². The van der Waals surface area contributed by atoms with Crippen LogP contribution in [0.3, 0.4) is 0 Å². The van der Waals surface area contributed by atoms with E-state index in [0.717, 1.165) is 16.3 Å².